The van der Waals surface area contributed by atoms with Crippen molar-refractivity contribution in [2.45, 2.75) is 43.0 Å². The predicted octanol–water partition coefficient (Wildman–Crippen LogP) is 2.97. The number of nitrogens with one attached hydrogen (secondary N) is 1. The van der Waals surface area contributed by atoms with Gasteiger partial charge < -0.3 is 4.90 Å². The third kappa shape index (κ3) is 5.11. The molecule has 2 heterocycles. The van der Waals surface area contributed by atoms with Crippen molar-refractivity contribution in [3.8, 4) is 0 Å². The van der Waals surface area contributed by atoms with E-state index < -0.39 is 10.0 Å². The van der Waals surface area contributed by atoms with Crippen LogP contribution in [0.2, 0.25) is 0 Å². The third-order valence-electron chi connectivity index (χ3n) is 6.10. The molecule has 2 aromatic rings. The summed E-state index contributed by atoms with van der Waals surface area (Å²) in [5, 5.41) is 1.98. The van der Waals surface area contributed by atoms with Gasteiger partial charge in [0.15, 0.2) is 0 Å². The molecular formula is C22H29N3O3S2. The average molecular weight is 448 g/mol. The van der Waals surface area contributed by atoms with Gasteiger partial charge in [-0.05, 0) is 55.0 Å². The number of nitrogens with zero attached hydrogens (tertiary/aromatic N) is 2. The molecule has 0 atom stereocenters. The van der Waals surface area contributed by atoms with Gasteiger partial charge in [-0.25, -0.2) is 13.1 Å². The van der Waals surface area contributed by atoms with Crippen molar-refractivity contribution in [2.24, 2.45) is 0 Å². The van der Waals surface area contributed by atoms with E-state index >= 15 is 0 Å². The van der Waals surface area contributed by atoms with E-state index in [-0.39, 0.29) is 10.8 Å². The minimum atomic E-state index is -3.57. The van der Waals surface area contributed by atoms with E-state index in [0.717, 1.165) is 31.1 Å². The molecule has 1 saturated carbocycles. The van der Waals surface area contributed by atoms with Gasteiger partial charge in [0.2, 0.25) is 10.0 Å². The topological polar surface area (TPSA) is 69.7 Å². The molecular weight excluding hydrogens is 418 g/mol. The van der Waals surface area contributed by atoms with E-state index in [0.29, 0.717) is 24.6 Å². The number of benzene rings is 1. The smallest absolute Gasteiger partial charge is 0.253 e. The van der Waals surface area contributed by atoms with Crippen LogP contribution in [0.15, 0.2) is 46.7 Å². The molecule has 30 heavy (non-hydrogen) atoms. The van der Waals surface area contributed by atoms with E-state index in [2.05, 4.69) is 9.62 Å². The Bertz CT molecular complexity index is 929. The molecule has 1 aromatic heterocycles. The first-order valence-corrected chi connectivity index (χ1v) is 13.0. The van der Waals surface area contributed by atoms with E-state index in [1.807, 2.05) is 22.4 Å². The van der Waals surface area contributed by atoms with Crippen LogP contribution in [0.25, 0.3) is 0 Å². The van der Waals surface area contributed by atoms with Crippen molar-refractivity contribution >= 4 is 27.3 Å². The van der Waals surface area contributed by atoms with Gasteiger partial charge in [-0.1, -0.05) is 18.9 Å². The van der Waals surface area contributed by atoms with Crippen LogP contribution in [0.4, 0.5) is 0 Å². The van der Waals surface area contributed by atoms with E-state index in [9.17, 15) is 13.2 Å². The highest BCUT2D eigenvalue weighted by Gasteiger charge is 2.28. The summed E-state index contributed by atoms with van der Waals surface area (Å²) in [6, 6.07) is 10.9. The van der Waals surface area contributed by atoms with Gasteiger partial charge in [-0.15, -0.1) is 11.3 Å². The number of carbonyl (C=O) groups excluding carboxylic acids is 1. The Labute approximate surface area is 182 Å². The van der Waals surface area contributed by atoms with Gasteiger partial charge in [0.1, 0.15) is 0 Å². The van der Waals surface area contributed by atoms with Gasteiger partial charge in [0, 0.05) is 49.2 Å². The summed E-state index contributed by atoms with van der Waals surface area (Å²) in [6.07, 6.45) is 5.88. The quantitative estimate of drug-likeness (QED) is 0.709. The lowest BCUT2D eigenvalue weighted by atomic mass is 10.1. The second-order valence-corrected chi connectivity index (χ2v) is 10.8. The molecule has 8 heteroatoms. The zero-order chi connectivity index (χ0) is 21.0. The second-order valence-electron chi connectivity index (χ2n) is 8.02. The Balaban J connectivity index is 1.30. The first kappa shape index (κ1) is 21.5. The average Bonchev–Trinajstić information content (AvgIpc) is 3.48. The largest absolute Gasteiger partial charge is 0.336 e. The van der Waals surface area contributed by atoms with E-state index in [4.69, 9.17) is 0 Å². The highest BCUT2D eigenvalue weighted by molar-refractivity contribution is 7.89. The molecule has 1 aromatic carbocycles. The normalized spacial score (nSPS) is 18.7. The Morgan fingerprint density at radius 3 is 2.37 bits per heavy atom. The van der Waals surface area contributed by atoms with Gasteiger partial charge in [-0.2, -0.15) is 0 Å². The Morgan fingerprint density at radius 1 is 1.03 bits per heavy atom. The molecule has 0 unspecified atom stereocenters. The molecule has 0 radical (unpaired) electrons. The Hall–Kier alpha value is -1.74. The van der Waals surface area contributed by atoms with Crippen molar-refractivity contribution < 1.29 is 13.2 Å². The molecule has 1 aliphatic heterocycles. The first-order chi connectivity index (χ1) is 14.5. The highest BCUT2D eigenvalue weighted by atomic mass is 32.2. The minimum absolute atomic E-state index is 0.0179. The molecule has 2 aliphatic rings. The number of hydrogen-bond acceptors (Lipinski definition) is 5. The van der Waals surface area contributed by atoms with Crippen LogP contribution in [-0.4, -0.2) is 62.9 Å². The molecule has 0 bridgehead atoms. The summed E-state index contributed by atoms with van der Waals surface area (Å²) in [7, 11) is -3.57. The monoisotopic (exact) mass is 447 g/mol. The van der Waals surface area contributed by atoms with Gasteiger partial charge in [-0.3, -0.25) is 9.69 Å². The van der Waals surface area contributed by atoms with Crippen LogP contribution in [-0.2, 0) is 16.4 Å². The standard InChI is InChI=1S/C22H29N3O3S2/c26-22(25-15-13-24(14-16-25)19-4-1-2-5-19)18-7-9-21(10-8-18)30(27,28)23-12-11-20-6-3-17-29-20/h3,6-10,17,19,23H,1-2,4-5,11-16H2. The maximum atomic E-state index is 12.8. The number of thiophene rings is 1. The summed E-state index contributed by atoms with van der Waals surface area (Å²) < 4.78 is 27.6. The fraction of sp³-hybridized carbons (Fsp3) is 0.500. The van der Waals surface area contributed by atoms with Crippen molar-refractivity contribution in [3.05, 3.63) is 52.2 Å². The van der Waals surface area contributed by atoms with Crippen molar-refractivity contribution in [1.29, 1.82) is 0 Å². The van der Waals surface area contributed by atoms with Crippen LogP contribution in [0, 0.1) is 0 Å². The number of hydrogen-bond donors (Lipinski definition) is 1. The molecule has 6 nitrogen and oxygen atoms in total. The number of carbonyl (C=O) groups is 1. The summed E-state index contributed by atoms with van der Waals surface area (Å²) >= 11 is 1.62. The lowest BCUT2D eigenvalue weighted by Crippen LogP contribution is -2.51. The molecule has 1 saturated heterocycles. The maximum absolute atomic E-state index is 12.8. The van der Waals surface area contributed by atoms with Crippen LogP contribution in [0.1, 0.15) is 40.9 Å². The molecule has 1 aliphatic carbocycles. The molecule has 162 valence electrons. The summed E-state index contributed by atoms with van der Waals surface area (Å²) in [5.41, 5.74) is 0.543. The molecule has 1 amide bonds. The lowest BCUT2D eigenvalue weighted by Gasteiger charge is -2.38. The van der Waals surface area contributed by atoms with Crippen molar-refractivity contribution in [3.63, 3.8) is 0 Å². The third-order valence-corrected chi connectivity index (χ3v) is 8.51. The fourth-order valence-corrected chi connectivity index (χ4v) is 6.11. The zero-order valence-electron chi connectivity index (χ0n) is 17.1. The molecule has 1 N–H and O–H groups in total. The Kier molecular flexibility index (Phi) is 6.87. The fourth-order valence-electron chi connectivity index (χ4n) is 4.37. The summed E-state index contributed by atoms with van der Waals surface area (Å²) in [5.74, 6) is -0.0179. The number of amides is 1. The zero-order valence-corrected chi connectivity index (χ0v) is 18.8. The van der Waals surface area contributed by atoms with Gasteiger partial charge in [0.25, 0.3) is 5.91 Å². The van der Waals surface area contributed by atoms with Crippen molar-refractivity contribution in [1.82, 2.24) is 14.5 Å². The first-order valence-electron chi connectivity index (χ1n) is 10.7. The molecule has 2 fully saturated rings. The number of rotatable bonds is 7. The van der Waals surface area contributed by atoms with Gasteiger partial charge in [0.05, 0.1) is 4.90 Å². The number of sulfonamides is 1. The summed E-state index contributed by atoms with van der Waals surface area (Å²) in [4.78, 5) is 18.6. The van der Waals surface area contributed by atoms with Crippen LogP contribution in [0.3, 0.4) is 0 Å². The maximum Gasteiger partial charge on any atom is 0.253 e. The second kappa shape index (κ2) is 9.60. The van der Waals surface area contributed by atoms with E-state index in [1.165, 1.54) is 37.8 Å². The molecule has 0 spiro atoms. The van der Waals surface area contributed by atoms with Gasteiger partial charge >= 0.3 is 0 Å². The van der Waals surface area contributed by atoms with Crippen LogP contribution in [0.5, 0.6) is 0 Å². The van der Waals surface area contributed by atoms with Crippen LogP contribution >= 0.6 is 11.3 Å². The summed E-state index contributed by atoms with van der Waals surface area (Å²) in [6.45, 7) is 3.68. The highest BCUT2D eigenvalue weighted by Crippen LogP contribution is 2.24. The number of piperazine rings is 1. The SMILES string of the molecule is O=C(c1ccc(S(=O)(=O)NCCc2cccs2)cc1)N1CCN(C2CCCC2)CC1. The van der Waals surface area contributed by atoms with Crippen molar-refractivity contribution in [2.75, 3.05) is 32.7 Å². The van der Waals surface area contributed by atoms with E-state index in [1.54, 1.807) is 23.5 Å². The predicted molar refractivity (Wildman–Crippen MR) is 119 cm³/mol. The Morgan fingerprint density at radius 2 is 1.73 bits per heavy atom. The minimum Gasteiger partial charge on any atom is -0.336 e. The lowest BCUT2D eigenvalue weighted by molar-refractivity contribution is 0.0573. The molecule has 4 rings (SSSR count). The van der Waals surface area contributed by atoms with Crippen LogP contribution < -0.4 is 4.72 Å².